The molecule has 0 amide bonds. The number of anilines is 1. The number of hydrogen-bond acceptors (Lipinski definition) is 6. The van der Waals surface area contributed by atoms with E-state index >= 15 is 0 Å². The van der Waals surface area contributed by atoms with Gasteiger partial charge in [-0.3, -0.25) is 0 Å². The number of aryl methyl sites for hydroxylation is 3. The number of nitrogens with zero attached hydrogens (tertiary/aromatic N) is 6. The van der Waals surface area contributed by atoms with Crippen LogP contribution in [0.3, 0.4) is 0 Å². The van der Waals surface area contributed by atoms with Crippen LogP contribution in [0.1, 0.15) is 43.0 Å². The van der Waals surface area contributed by atoms with Crippen molar-refractivity contribution < 1.29 is 25.8 Å². The van der Waals surface area contributed by atoms with E-state index in [1.54, 1.807) is 17.1 Å². The first kappa shape index (κ1) is 29.5. The minimum atomic E-state index is -0.0135. The molecule has 4 heterocycles. The van der Waals surface area contributed by atoms with Crippen molar-refractivity contribution >= 4 is 16.7 Å². The van der Waals surface area contributed by atoms with E-state index in [4.69, 9.17) is 4.74 Å². The van der Waals surface area contributed by atoms with Gasteiger partial charge in [0.05, 0.1) is 0 Å². The molecule has 0 fully saturated rings. The quantitative estimate of drug-likeness (QED) is 0.175. The van der Waals surface area contributed by atoms with E-state index in [0.717, 1.165) is 11.3 Å². The van der Waals surface area contributed by atoms with Crippen molar-refractivity contribution in [2.75, 3.05) is 11.9 Å². The first-order valence-corrected chi connectivity index (χ1v) is 13.7. The van der Waals surface area contributed by atoms with Crippen molar-refractivity contribution in [3.05, 3.63) is 108 Å². The molecule has 0 radical (unpaired) electrons. The van der Waals surface area contributed by atoms with E-state index < -0.39 is 0 Å². The number of hydrogen-bond donors (Lipinski definition) is 0. The Labute approximate surface area is 262 Å². The topological polar surface area (TPSA) is 59.3 Å². The number of rotatable bonds is 5. The maximum atomic E-state index is 6.40. The van der Waals surface area contributed by atoms with Gasteiger partial charge in [-0.2, -0.15) is 11.8 Å². The van der Waals surface area contributed by atoms with Crippen molar-refractivity contribution in [1.29, 1.82) is 0 Å². The van der Waals surface area contributed by atoms with Crippen LogP contribution < -0.4 is 9.64 Å². The Bertz CT molecular complexity index is 1780. The van der Waals surface area contributed by atoms with Crippen LogP contribution in [0.2, 0.25) is 0 Å². The van der Waals surface area contributed by atoms with Gasteiger partial charge in [-0.25, -0.2) is 9.67 Å². The van der Waals surface area contributed by atoms with Crippen LogP contribution in [0.15, 0.2) is 67.4 Å². The van der Waals surface area contributed by atoms with E-state index in [1.165, 1.54) is 27.8 Å². The summed E-state index contributed by atoms with van der Waals surface area (Å²) in [5.41, 5.74) is 9.36. The number of ether oxygens (including phenoxy) is 1. The molecule has 1 aliphatic rings. The van der Waals surface area contributed by atoms with Gasteiger partial charge in [0, 0.05) is 45.0 Å². The molecule has 0 bridgehead atoms. The summed E-state index contributed by atoms with van der Waals surface area (Å²) in [7, 11) is 2.00. The molecule has 1 aliphatic heterocycles. The molecule has 3 aromatic heterocycles. The second-order valence-electron chi connectivity index (χ2n) is 11.7. The van der Waals surface area contributed by atoms with Crippen LogP contribution in [-0.2, 0) is 26.5 Å². The predicted molar refractivity (Wildman–Crippen MR) is 163 cm³/mol. The average molecular weight is 737 g/mol. The molecule has 0 atom stereocenters. The van der Waals surface area contributed by atoms with E-state index in [0.29, 0.717) is 28.4 Å². The van der Waals surface area contributed by atoms with Crippen molar-refractivity contribution in [3.8, 4) is 28.4 Å². The minimum Gasteiger partial charge on any atom is -0.510 e. The van der Waals surface area contributed by atoms with Crippen LogP contribution in [0.4, 0.5) is 5.69 Å². The van der Waals surface area contributed by atoms with Crippen LogP contribution in [0.5, 0.6) is 11.5 Å². The smallest absolute Gasteiger partial charge is 0.151 e. The normalized spacial score (nSPS) is 13.1. The molecule has 0 saturated carbocycles. The number of benzene rings is 2. The van der Waals surface area contributed by atoms with Gasteiger partial charge in [-0.05, 0) is 97.3 Å². The SMILES string of the molecule is Cc1cc(C)c(-c2cc(Oc3[c-]c4c(cnn4-c4cc(C(C)(C)C)ccn4)nc3)[c-]c(N3C=CN(C)[CH-]3)c2)c(C)c1.[Pt]. The maximum absolute atomic E-state index is 6.40. The van der Waals surface area contributed by atoms with Gasteiger partial charge in [0.15, 0.2) is 5.82 Å². The molecule has 5 aromatic rings. The number of aromatic nitrogens is 4. The minimum absolute atomic E-state index is 0. The Morgan fingerprint density at radius 1 is 0.881 bits per heavy atom. The van der Waals surface area contributed by atoms with Gasteiger partial charge in [-0.15, -0.1) is 35.5 Å². The molecule has 0 aliphatic carbocycles. The summed E-state index contributed by atoms with van der Waals surface area (Å²) in [5.74, 6) is 1.76. The van der Waals surface area contributed by atoms with Crippen LogP contribution >= 0.6 is 0 Å². The molecule has 7 nitrogen and oxygen atoms in total. The molecule has 8 heteroatoms. The van der Waals surface area contributed by atoms with Gasteiger partial charge in [0.1, 0.15) is 0 Å². The van der Waals surface area contributed by atoms with E-state index in [9.17, 15) is 0 Å². The molecule has 0 spiro atoms. The second-order valence-corrected chi connectivity index (χ2v) is 11.7. The Balaban J connectivity index is 0.00000353. The Hall–Kier alpha value is -3.96. The standard InChI is InChI=1S/C34H33N6O.Pt/c1-22-12-23(2)33(24(3)13-22)25-14-27(39-11-10-38(7)21-39)17-28(15-25)41-29-18-31-30(36-19-29)20-37-40(31)32-16-26(8-9-35-32)34(4,5)6;/h8-16,19-21H,1-7H3;/q-3;. The predicted octanol–water partition coefficient (Wildman–Crippen LogP) is 7.44. The zero-order valence-electron chi connectivity index (χ0n) is 24.8. The van der Waals surface area contributed by atoms with Crippen LogP contribution in [-0.4, -0.2) is 31.7 Å². The van der Waals surface area contributed by atoms with Crippen molar-refractivity contribution in [3.63, 3.8) is 0 Å². The van der Waals surface area contributed by atoms with Gasteiger partial charge < -0.3 is 19.5 Å². The summed E-state index contributed by atoms with van der Waals surface area (Å²) >= 11 is 0. The summed E-state index contributed by atoms with van der Waals surface area (Å²) in [6, 6.07) is 19.5. The second kappa shape index (κ2) is 11.4. The summed E-state index contributed by atoms with van der Waals surface area (Å²) in [5, 5.41) is 4.56. The third-order valence-corrected chi connectivity index (χ3v) is 7.20. The molecule has 6 rings (SSSR count). The van der Waals surface area contributed by atoms with Crippen LogP contribution in [0, 0.1) is 39.6 Å². The van der Waals surface area contributed by atoms with E-state index in [-0.39, 0.29) is 26.5 Å². The number of fused-ring (bicyclic) bond motifs is 1. The van der Waals surface area contributed by atoms with Crippen molar-refractivity contribution in [2.45, 2.75) is 47.0 Å². The maximum Gasteiger partial charge on any atom is 0.151 e. The first-order chi connectivity index (χ1) is 19.5. The van der Waals surface area contributed by atoms with Crippen molar-refractivity contribution in [1.82, 2.24) is 24.6 Å². The fraction of sp³-hybridized carbons (Fsp3) is 0.235. The van der Waals surface area contributed by atoms with Gasteiger partial charge in [-0.1, -0.05) is 38.5 Å². The zero-order chi connectivity index (χ0) is 28.9. The summed E-state index contributed by atoms with van der Waals surface area (Å²) < 4.78 is 8.16. The Kier molecular flexibility index (Phi) is 8.00. The molecule has 0 saturated heterocycles. The molecule has 0 unspecified atom stereocenters. The third kappa shape index (κ3) is 5.84. The fourth-order valence-electron chi connectivity index (χ4n) is 5.27. The number of pyridine rings is 2. The Morgan fingerprint density at radius 3 is 2.33 bits per heavy atom. The molecule has 2 aromatic carbocycles. The van der Waals surface area contributed by atoms with E-state index in [2.05, 4.69) is 93.0 Å². The molecule has 218 valence electrons. The summed E-state index contributed by atoms with van der Waals surface area (Å²) in [4.78, 5) is 13.2. The van der Waals surface area contributed by atoms with Gasteiger partial charge >= 0.3 is 0 Å². The summed E-state index contributed by atoms with van der Waals surface area (Å²) in [6.07, 6.45) is 9.21. The molecular weight excluding hydrogens is 703 g/mol. The van der Waals surface area contributed by atoms with E-state index in [1.807, 2.05) is 54.2 Å². The summed E-state index contributed by atoms with van der Waals surface area (Å²) in [6.45, 7) is 15.0. The van der Waals surface area contributed by atoms with Crippen molar-refractivity contribution in [2.24, 2.45) is 0 Å². The van der Waals surface area contributed by atoms with Crippen LogP contribution in [0.25, 0.3) is 28.0 Å². The first-order valence-electron chi connectivity index (χ1n) is 13.7. The fourth-order valence-corrected chi connectivity index (χ4v) is 5.27. The molecular formula is C34H33N6OPt-3. The zero-order valence-corrected chi connectivity index (χ0v) is 27.1. The molecule has 0 N–H and O–H groups in total. The molecule has 42 heavy (non-hydrogen) atoms. The van der Waals surface area contributed by atoms with Gasteiger partial charge in [0.25, 0.3) is 0 Å². The monoisotopic (exact) mass is 736 g/mol. The van der Waals surface area contributed by atoms with Gasteiger partial charge in [0.2, 0.25) is 0 Å². The largest absolute Gasteiger partial charge is 0.510 e. The Morgan fingerprint density at radius 2 is 1.64 bits per heavy atom. The third-order valence-electron chi connectivity index (χ3n) is 7.20. The average Bonchev–Trinajstić information content (AvgIpc) is 3.54.